The van der Waals surface area contributed by atoms with Gasteiger partial charge in [-0.2, -0.15) is 5.53 Å². The van der Waals surface area contributed by atoms with Gasteiger partial charge in [-0.15, -0.1) is 5.17 Å². The van der Waals surface area contributed by atoms with Crippen LogP contribution in [0.3, 0.4) is 0 Å². The van der Waals surface area contributed by atoms with E-state index in [0.29, 0.717) is 18.8 Å². The van der Waals surface area contributed by atoms with Crippen LogP contribution in [0, 0.1) is 5.53 Å². The van der Waals surface area contributed by atoms with Crippen molar-refractivity contribution < 1.29 is 9.57 Å². The summed E-state index contributed by atoms with van der Waals surface area (Å²) in [5, 5.41) is 4.53. The van der Waals surface area contributed by atoms with E-state index < -0.39 is 0 Å². The van der Waals surface area contributed by atoms with Crippen LogP contribution in [0.2, 0.25) is 0 Å². The molecular weight excluding hydrogens is 232 g/mol. The molecule has 6 nitrogen and oxygen atoms in total. The van der Waals surface area contributed by atoms with E-state index in [1.807, 2.05) is 24.3 Å². The zero-order valence-corrected chi connectivity index (χ0v) is 10.2. The van der Waals surface area contributed by atoms with E-state index in [1.165, 1.54) is 5.17 Å². The standard InChI is InChI=1S/C12H18N4O2/c13-9-10-4-6-11(7-5-10)16(15-14)18-12-3-1-2-8-17-12/h4-7,12,14H,1-3,8-9,13H2. The zero-order valence-electron chi connectivity index (χ0n) is 10.2. The molecule has 0 saturated carbocycles. The predicted molar refractivity (Wildman–Crippen MR) is 66.6 cm³/mol. The molecule has 0 spiro atoms. The van der Waals surface area contributed by atoms with Crippen LogP contribution in [-0.4, -0.2) is 12.9 Å². The quantitative estimate of drug-likeness (QED) is 0.620. The van der Waals surface area contributed by atoms with Crippen LogP contribution >= 0.6 is 0 Å². The molecular formula is C12H18N4O2. The summed E-state index contributed by atoms with van der Waals surface area (Å²) in [4.78, 5) is 5.53. The molecule has 0 amide bonds. The Morgan fingerprint density at radius 3 is 2.72 bits per heavy atom. The average Bonchev–Trinajstić information content (AvgIpc) is 2.46. The summed E-state index contributed by atoms with van der Waals surface area (Å²) in [5.41, 5.74) is 14.4. The Morgan fingerprint density at radius 2 is 2.17 bits per heavy atom. The van der Waals surface area contributed by atoms with Gasteiger partial charge in [0, 0.05) is 19.6 Å². The summed E-state index contributed by atoms with van der Waals surface area (Å²) < 4.78 is 5.45. The number of nitrogens with two attached hydrogens (primary N) is 1. The van der Waals surface area contributed by atoms with Crippen molar-refractivity contribution >= 4 is 5.69 Å². The minimum Gasteiger partial charge on any atom is -0.350 e. The number of nitrogens with zero attached hydrogens (tertiary/aromatic N) is 2. The van der Waals surface area contributed by atoms with Crippen LogP contribution in [0.15, 0.2) is 29.5 Å². The highest BCUT2D eigenvalue weighted by Crippen LogP contribution is 2.21. The highest BCUT2D eigenvalue weighted by molar-refractivity contribution is 5.44. The first-order valence-electron chi connectivity index (χ1n) is 6.08. The second-order valence-electron chi connectivity index (χ2n) is 4.15. The molecule has 1 aliphatic rings. The van der Waals surface area contributed by atoms with Gasteiger partial charge in [0.15, 0.2) is 6.29 Å². The lowest BCUT2D eigenvalue weighted by Gasteiger charge is -2.26. The summed E-state index contributed by atoms with van der Waals surface area (Å²) in [6.45, 7) is 1.19. The Hall–Kier alpha value is -1.50. The van der Waals surface area contributed by atoms with Crippen LogP contribution in [0.25, 0.3) is 0 Å². The van der Waals surface area contributed by atoms with E-state index in [0.717, 1.165) is 24.8 Å². The highest BCUT2D eigenvalue weighted by atomic mass is 16.8. The summed E-state index contributed by atoms with van der Waals surface area (Å²) in [5.74, 6) is 0. The number of nitrogens with one attached hydrogen (secondary N) is 1. The molecule has 0 radical (unpaired) electrons. The Bertz CT molecular complexity index is 376. The fraction of sp³-hybridized carbons (Fsp3) is 0.500. The van der Waals surface area contributed by atoms with Crippen molar-refractivity contribution in [3.05, 3.63) is 29.8 Å². The van der Waals surface area contributed by atoms with Crippen LogP contribution in [-0.2, 0) is 16.1 Å². The van der Waals surface area contributed by atoms with Crippen molar-refractivity contribution in [1.82, 2.24) is 0 Å². The van der Waals surface area contributed by atoms with Gasteiger partial charge in [-0.1, -0.05) is 12.1 Å². The van der Waals surface area contributed by atoms with Crippen molar-refractivity contribution in [3.8, 4) is 0 Å². The molecule has 1 aromatic rings. The van der Waals surface area contributed by atoms with Gasteiger partial charge in [0.25, 0.3) is 0 Å². The third-order valence-corrected chi connectivity index (χ3v) is 2.84. The molecule has 1 heterocycles. The molecule has 1 unspecified atom stereocenters. The van der Waals surface area contributed by atoms with Gasteiger partial charge < -0.3 is 10.5 Å². The molecule has 0 aromatic heterocycles. The Balaban J connectivity index is 1.99. The largest absolute Gasteiger partial charge is 0.350 e. The molecule has 98 valence electrons. The normalized spacial score (nSPS) is 19.5. The number of hydrogen-bond acceptors (Lipinski definition) is 5. The van der Waals surface area contributed by atoms with E-state index in [4.69, 9.17) is 20.8 Å². The maximum atomic E-state index is 7.16. The first-order valence-corrected chi connectivity index (χ1v) is 6.08. The summed E-state index contributed by atoms with van der Waals surface area (Å²) in [6, 6.07) is 7.42. The van der Waals surface area contributed by atoms with Crippen LogP contribution in [0.5, 0.6) is 0 Å². The molecule has 1 aromatic carbocycles. The third kappa shape index (κ3) is 3.25. The summed E-state index contributed by atoms with van der Waals surface area (Å²) >= 11 is 0. The SMILES string of the molecule is N=NN(OC1CCCCO1)c1ccc(CN)cc1. The maximum absolute atomic E-state index is 7.16. The van der Waals surface area contributed by atoms with Gasteiger partial charge in [-0.05, 0) is 35.8 Å². The molecule has 18 heavy (non-hydrogen) atoms. The number of ether oxygens (including phenoxy) is 1. The van der Waals surface area contributed by atoms with E-state index in [9.17, 15) is 0 Å². The lowest BCUT2D eigenvalue weighted by Crippen LogP contribution is -2.30. The topological polar surface area (TPSA) is 83.9 Å². The average molecular weight is 250 g/mol. The molecule has 2 rings (SSSR count). The van der Waals surface area contributed by atoms with Crippen molar-refractivity contribution in [1.29, 1.82) is 5.53 Å². The van der Waals surface area contributed by atoms with Crippen LogP contribution in [0.4, 0.5) is 5.69 Å². The minimum absolute atomic E-state index is 0.318. The van der Waals surface area contributed by atoms with E-state index >= 15 is 0 Å². The van der Waals surface area contributed by atoms with Crippen molar-refractivity contribution in [2.45, 2.75) is 32.1 Å². The van der Waals surface area contributed by atoms with Crippen molar-refractivity contribution in [2.24, 2.45) is 11.0 Å². The van der Waals surface area contributed by atoms with Gasteiger partial charge in [0.1, 0.15) is 0 Å². The van der Waals surface area contributed by atoms with Gasteiger partial charge in [0.05, 0.1) is 5.69 Å². The number of rotatable bonds is 5. The molecule has 1 fully saturated rings. The molecule has 0 bridgehead atoms. The minimum atomic E-state index is -0.318. The molecule has 1 aliphatic heterocycles. The van der Waals surface area contributed by atoms with Gasteiger partial charge >= 0.3 is 0 Å². The van der Waals surface area contributed by atoms with Gasteiger partial charge in [0.2, 0.25) is 0 Å². The van der Waals surface area contributed by atoms with E-state index in [1.54, 1.807) is 0 Å². The lowest BCUT2D eigenvalue weighted by molar-refractivity contribution is -0.171. The first-order chi connectivity index (χ1) is 8.83. The molecule has 0 aliphatic carbocycles. The number of hydrogen-bond donors (Lipinski definition) is 2. The molecule has 6 heteroatoms. The van der Waals surface area contributed by atoms with Crippen molar-refractivity contribution in [2.75, 3.05) is 11.8 Å². The van der Waals surface area contributed by atoms with E-state index in [2.05, 4.69) is 5.22 Å². The number of benzene rings is 1. The fourth-order valence-electron chi connectivity index (χ4n) is 1.81. The molecule has 3 N–H and O–H groups in total. The molecule has 1 saturated heterocycles. The Labute approximate surface area is 106 Å². The second-order valence-corrected chi connectivity index (χ2v) is 4.15. The first kappa shape index (κ1) is 12.9. The monoisotopic (exact) mass is 250 g/mol. The van der Waals surface area contributed by atoms with E-state index in [-0.39, 0.29) is 6.29 Å². The van der Waals surface area contributed by atoms with Gasteiger partial charge in [-0.3, -0.25) is 0 Å². The smallest absolute Gasteiger partial charge is 0.186 e. The second kappa shape index (κ2) is 6.44. The third-order valence-electron chi connectivity index (χ3n) is 2.84. The Morgan fingerprint density at radius 1 is 1.39 bits per heavy atom. The van der Waals surface area contributed by atoms with Crippen molar-refractivity contribution in [3.63, 3.8) is 0 Å². The predicted octanol–water partition coefficient (Wildman–Crippen LogP) is 2.36. The van der Waals surface area contributed by atoms with Gasteiger partial charge in [-0.25, -0.2) is 4.84 Å². The molecule has 1 atom stereocenters. The zero-order chi connectivity index (χ0) is 12.8. The summed E-state index contributed by atoms with van der Waals surface area (Å²) in [6.07, 6.45) is 2.64. The lowest BCUT2D eigenvalue weighted by atomic mass is 10.2. The Kier molecular flexibility index (Phi) is 4.63. The maximum Gasteiger partial charge on any atom is 0.186 e. The van der Waals surface area contributed by atoms with Crippen LogP contribution < -0.4 is 10.9 Å². The summed E-state index contributed by atoms with van der Waals surface area (Å²) in [7, 11) is 0. The highest BCUT2D eigenvalue weighted by Gasteiger charge is 2.19. The number of anilines is 1. The fourth-order valence-corrected chi connectivity index (χ4v) is 1.81. The van der Waals surface area contributed by atoms with Crippen LogP contribution in [0.1, 0.15) is 24.8 Å².